The van der Waals surface area contributed by atoms with Crippen LogP contribution in [0.15, 0.2) is 87.5 Å². The van der Waals surface area contributed by atoms with Crippen LogP contribution in [0.1, 0.15) is 12.0 Å². The molecular formula is C22H21O7S2. The second-order valence-corrected chi connectivity index (χ2v) is 10.1. The Labute approximate surface area is 181 Å². The van der Waals surface area contributed by atoms with Crippen LogP contribution in [0.25, 0.3) is 0 Å². The molecule has 3 rings (SSSR count). The third-order valence-corrected chi connectivity index (χ3v) is 7.51. The van der Waals surface area contributed by atoms with E-state index in [1.165, 1.54) is 48.5 Å². The van der Waals surface area contributed by atoms with Gasteiger partial charge in [0.2, 0.25) is 9.84 Å². The number of ether oxygens (including phenoxy) is 1. The van der Waals surface area contributed by atoms with Crippen LogP contribution >= 0.6 is 0 Å². The molecule has 0 spiro atoms. The van der Waals surface area contributed by atoms with Gasteiger partial charge in [0.15, 0.2) is 0 Å². The molecule has 3 aromatic carbocycles. The summed E-state index contributed by atoms with van der Waals surface area (Å²) < 4.78 is 62.8. The molecule has 31 heavy (non-hydrogen) atoms. The van der Waals surface area contributed by atoms with Crippen molar-refractivity contribution in [3.8, 4) is 11.5 Å². The first-order valence-corrected chi connectivity index (χ1v) is 12.3. The number of sulfone groups is 1. The molecule has 0 aromatic heterocycles. The van der Waals surface area contributed by atoms with Crippen molar-refractivity contribution in [3.63, 3.8) is 0 Å². The van der Waals surface area contributed by atoms with E-state index in [1.807, 2.05) is 0 Å². The quantitative estimate of drug-likeness (QED) is 0.354. The number of hydrogen-bond acceptors (Lipinski definition) is 6. The molecule has 0 aliphatic heterocycles. The van der Waals surface area contributed by atoms with Crippen LogP contribution in [0.5, 0.6) is 11.5 Å². The van der Waals surface area contributed by atoms with E-state index in [9.17, 15) is 21.9 Å². The topological polar surface area (TPSA) is 107 Å². The van der Waals surface area contributed by atoms with Crippen molar-refractivity contribution >= 4 is 20.0 Å². The minimum absolute atomic E-state index is 0.0240. The summed E-state index contributed by atoms with van der Waals surface area (Å²) in [6.45, 7) is 1.64. The van der Waals surface area contributed by atoms with Crippen molar-refractivity contribution in [2.45, 2.75) is 28.0 Å². The Balaban J connectivity index is 1.98. The van der Waals surface area contributed by atoms with Crippen molar-refractivity contribution in [1.82, 2.24) is 0 Å². The number of hydrogen-bond donors (Lipinski definition) is 0. The predicted octanol–water partition coefficient (Wildman–Crippen LogP) is 3.79. The number of aryl methyl sites for hydroxylation is 1. The Morgan fingerprint density at radius 3 is 2.06 bits per heavy atom. The second-order valence-electron chi connectivity index (χ2n) is 6.69. The van der Waals surface area contributed by atoms with Gasteiger partial charge in [0.25, 0.3) is 0 Å². The SMILES string of the molecule is Cc1cc(OCCC[O])cc(OS(=O)(=O)c2ccccc2S(=O)(=O)c2ccccc2)c1. The standard InChI is InChI=1S/C22H21O7S2/c1-17-14-18(28-13-7-12-23)16-19(15-17)29-31(26,27)22-11-6-5-10-21(22)30(24,25)20-8-3-2-4-9-20/h2-6,8-11,14-16H,7,12-13H2,1H3. The Kier molecular flexibility index (Phi) is 6.99. The van der Waals surface area contributed by atoms with Crippen molar-refractivity contribution < 1.29 is 30.9 Å². The van der Waals surface area contributed by atoms with Crippen LogP contribution in [0, 0.1) is 6.92 Å². The van der Waals surface area contributed by atoms with Gasteiger partial charge in [-0.05, 0) is 48.9 Å². The third-order valence-electron chi connectivity index (χ3n) is 4.25. The van der Waals surface area contributed by atoms with E-state index in [0.717, 1.165) is 0 Å². The monoisotopic (exact) mass is 461 g/mol. The highest BCUT2D eigenvalue weighted by Gasteiger charge is 2.29. The summed E-state index contributed by atoms with van der Waals surface area (Å²) in [6, 6.07) is 17.4. The molecule has 0 N–H and O–H groups in total. The predicted molar refractivity (Wildman–Crippen MR) is 113 cm³/mol. The van der Waals surface area contributed by atoms with Gasteiger partial charge in [0, 0.05) is 12.5 Å². The highest BCUT2D eigenvalue weighted by atomic mass is 32.2. The fourth-order valence-electron chi connectivity index (χ4n) is 2.87. The molecule has 3 aromatic rings. The zero-order valence-electron chi connectivity index (χ0n) is 16.7. The van der Waals surface area contributed by atoms with Crippen LogP contribution in [-0.2, 0) is 25.1 Å². The maximum atomic E-state index is 13.0. The van der Waals surface area contributed by atoms with Gasteiger partial charge in [0.05, 0.1) is 23.0 Å². The molecule has 0 saturated carbocycles. The maximum absolute atomic E-state index is 13.0. The molecule has 1 radical (unpaired) electrons. The normalized spacial score (nSPS) is 11.8. The molecule has 0 amide bonds. The Morgan fingerprint density at radius 1 is 0.774 bits per heavy atom. The molecule has 9 heteroatoms. The molecule has 0 saturated heterocycles. The largest absolute Gasteiger partial charge is 0.493 e. The summed E-state index contributed by atoms with van der Waals surface area (Å²) in [4.78, 5) is -0.864. The summed E-state index contributed by atoms with van der Waals surface area (Å²) in [5.41, 5.74) is 0.676. The first-order valence-electron chi connectivity index (χ1n) is 9.40. The molecule has 0 fully saturated rings. The highest BCUT2D eigenvalue weighted by Crippen LogP contribution is 2.30. The fraction of sp³-hybridized carbons (Fsp3) is 0.182. The first kappa shape index (κ1) is 22.8. The lowest BCUT2D eigenvalue weighted by atomic mass is 10.2. The minimum Gasteiger partial charge on any atom is -0.493 e. The van der Waals surface area contributed by atoms with E-state index in [4.69, 9.17) is 8.92 Å². The summed E-state index contributed by atoms with van der Waals surface area (Å²) in [7, 11) is -8.57. The van der Waals surface area contributed by atoms with E-state index in [-0.39, 0.29) is 28.8 Å². The molecule has 0 bridgehead atoms. The fourth-order valence-corrected chi connectivity index (χ4v) is 5.87. The van der Waals surface area contributed by atoms with Crippen molar-refractivity contribution in [1.29, 1.82) is 0 Å². The van der Waals surface area contributed by atoms with Gasteiger partial charge in [0.1, 0.15) is 16.4 Å². The third kappa shape index (κ3) is 5.43. The van der Waals surface area contributed by atoms with Crippen molar-refractivity contribution in [2.24, 2.45) is 0 Å². The lowest BCUT2D eigenvalue weighted by molar-refractivity contribution is 0.165. The van der Waals surface area contributed by atoms with Crippen LogP contribution in [0.4, 0.5) is 0 Å². The van der Waals surface area contributed by atoms with Crippen LogP contribution in [-0.4, -0.2) is 30.0 Å². The lowest BCUT2D eigenvalue weighted by Crippen LogP contribution is -2.15. The Morgan fingerprint density at radius 2 is 1.39 bits per heavy atom. The molecule has 0 heterocycles. The van der Waals surface area contributed by atoms with E-state index >= 15 is 0 Å². The first-order chi connectivity index (χ1) is 14.7. The molecule has 0 unspecified atom stereocenters. The van der Waals surface area contributed by atoms with Crippen molar-refractivity contribution in [3.05, 3.63) is 78.4 Å². The zero-order valence-corrected chi connectivity index (χ0v) is 18.4. The van der Waals surface area contributed by atoms with E-state index < -0.39 is 24.9 Å². The van der Waals surface area contributed by atoms with Gasteiger partial charge >= 0.3 is 10.1 Å². The zero-order chi connectivity index (χ0) is 22.5. The smallest absolute Gasteiger partial charge is 0.340 e. The van der Waals surface area contributed by atoms with Gasteiger partial charge in [-0.1, -0.05) is 30.3 Å². The molecule has 7 nitrogen and oxygen atoms in total. The van der Waals surface area contributed by atoms with Gasteiger partial charge in [-0.15, -0.1) is 0 Å². The van der Waals surface area contributed by atoms with Gasteiger partial charge in [-0.2, -0.15) is 8.42 Å². The second kappa shape index (κ2) is 9.51. The van der Waals surface area contributed by atoms with E-state index in [2.05, 4.69) is 0 Å². The summed E-state index contributed by atoms with van der Waals surface area (Å²) in [5, 5.41) is 10.6. The molecule has 0 atom stereocenters. The minimum atomic E-state index is -4.48. The molecule has 0 aliphatic carbocycles. The van der Waals surface area contributed by atoms with Crippen LogP contribution in [0.3, 0.4) is 0 Å². The number of rotatable bonds is 9. The van der Waals surface area contributed by atoms with Gasteiger partial charge in [-0.25, -0.2) is 13.5 Å². The van der Waals surface area contributed by atoms with Crippen LogP contribution in [0.2, 0.25) is 0 Å². The van der Waals surface area contributed by atoms with Gasteiger partial charge in [-0.3, -0.25) is 0 Å². The average molecular weight is 462 g/mol. The van der Waals surface area contributed by atoms with Crippen molar-refractivity contribution in [2.75, 3.05) is 13.2 Å². The maximum Gasteiger partial charge on any atom is 0.340 e. The molecule has 163 valence electrons. The number of benzene rings is 3. The van der Waals surface area contributed by atoms with Gasteiger partial charge < -0.3 is 8.92 Å². The summed E-state index contributed by atoms with van der Waals surface area (Å²) in [6.07, 6.45) is 0.313. The van der Waals surface area contributed by atoms with E-state index in [0.29, 0.717) is 17.7 Å². The van der Waals surface area contributed by atoms with Crippen LogP contribution < -0.4 is 8.92 Å². The summed E-state index contributed by atoms with van der Waals surface area (Å²) in [5.74, 6) is 0.327. The average Bonchev–Trinajstić information content (AvgIpc) is 2.74. The molecule has 0 aliphatic rings. The Bertz CT molecular complexity index is 1250. The van der Waals surface area contributed by atoms with E-state index in [1.54, 1.807) is 31.2 Å². The summed E-state index contributed by atoms with van der Waals surface area (Å²) >= 11 is 0. The highest BCUT2D eigenvalue weighted by molar-refractivity contribution is 7.93. The Hall–Kier alpha value is -2.88. The lowest BCUT2D eigenvalue weighted by Gasteiger charge is -2.13. The molecular weight excluding hydrogens is 440 g/mol.